The van der Waals surface area contributed by atoms with Gasteiger partial charge in [0.15, 0.2) is 5.58 Å². The van der Waals surface area contributed by atoms with Gasteiger partial charge in [-0.05, 0) is 35.7 Å². The molecule has 23 heavy (non-hydrogen) atoms. The first-order chi connectivity index (χ1) is 11.1. The molecule has 0 aliphatic carbocycles. The Morgan fingerprint density at radius 3 is 2.96 bits per heavy atom. The van der Waals surface area contributed by atoms with Crippen LogP contribution in [0.1, 0.15) is 17.5 Å². The number of rotatable bonds is 5. The highest BCUT2D eigenvalue weighted by Crippen LogP contribution is 2.15. The third-order valence-corrected chi connectivity index (χ3v) is 3.71. The van der Waals surface area contributed by atoms with E-state index in [4.69, 9.17) is 4.42 Å². The van der Waals surface area contributed by atoms with Gasteiger partial charge in [0.1, 0.15) is 0 Å². The molecule has 1 N–H and O–H groups in total. The number of amides is 1. The zero-order chi connectivity index (χ0) is 16.2. The molecule has 1 aromatic carbocycles. The van der Waals surface area contributed by atoms with Crippen LogP contribution >= 0.6 is 0 Å². The van der Waals surface area contributed by atoms with Gasteiger partial charge in [-0.1, -0.05) is 12.1 Å². The van der Waals surface area contributed by atoms with Gasteiger partial charge in [0.2, 0.25) is 5.91 Å². The summed E-state index contributed by atoms with van der Waals surface area (Å²) in [7, 11) is 1.67. The Morgan fingerprint density at radius 2 is 2.17 bits per heavy atom. The quantitative estimate of drug-likeness (QED) is 0.779. The number of nitrogens with zero attached hydrogens (tertiary/aromatic N) is 2. The lowest BCUT2D eigenvalue weighted by Crippen LogP contribution is -2.23. The first-order valence-corrected chi connectivity index (χ1v) is 7.37. The summed E-state index contributed by atoms with van der Waals surface area (Å²) in [6, 6.07) is 9.28. The number of oxazole rings is 1. The smallest absolute Gasteiger partial charge is 0.408 e. The number of aryl methyl sites for hydroxylation is 2. The lowest BCUT2D eigenvalue weighted by molar-refractivity contribution is -0.121. The first-order valence-electron chi connectivity index (χ1n) is 7.37. The van der Waals surface area contributed by atoms with E-state index in [1.54, 1.807) is 25.5 Å². The second kappa shape index (κ2) is 6.48. The number of pyridine rings is 1. The Hall–Kier alpha value is -2.89. The van der Waals surface area contributed by atoms with E-state index in [1.165, 1.54) is 4.57 Å². The Bertz CT molecular complexity index is 881. The largest absolute Gasteiger partial charge is 0.419 e. The van der Waals surface area contributed by atoms with Gasteiger partial charge < -0.3 is 9.73 Å². The molecule has 0 aliphatic heterocycles. The molecule has 0 fully saturated rings. The maximum atomic E-state index is 11.9. The van der Waals surface area contributed by atoms with Crippen LogP contribution in [0.3, 0.4) is 0 Å². The highest BCUT2D eigenvalue weighted by Gasteiger charge is 2.08. The molecule has 0 atom stereocenters. The van der Waals surface area contributed by atoms with Crippen molar-refractivity contribution in [1.29, 1.82) is 0 Å². The molecule has 0 bridgehead atoms. The predicted molar refractivity (Wildman–Crippen MR) is 85.9 cm³/mol. The van der Waals surface area contributed by atoms with Crippen molar-refractivity contribution in [1.82, 2.24) is 14.9 Å². The average Bonchev–Trinajstić information content (AvgIpc) is 2.86. The number of aromatic nitrogens is 2. The van der Waals surface area contributed by atoms with Gasteiger partial charge in [-0.15, -0.1) is 0 Å². The van der Waals surface area contributed by atoms with Gasteiger partial charge in [-0.25, -0.2) is 4.79 Å². The number of carbonyl (C=O) groups excluding carboxylic acids is 1. The molecular formula is C17H17N3O3. The summed E-state index contributed by atoms with van der Waals surface area (Å²) >= 11 is 0. The van der Waals surface area contributed by atoms with Crippen LogP contribution in [-0.2, 0) is 24.8 Å². The summed E-state index contributed by atoms with van der Waals surface area (Å²) in [5.41, 5.74) is 3.26. The molecule has 2 heterocycles. The van der Waals surface area contributed by atoms with Gasteiger partial charge >= 0.3 is 5.76 Å². The van der Waals surface area contributed by atoms with Crippen LogP contribution in [0, 0.1) is 0 Å². The molecule has 6 heteroatoms. The Morgan fingerprint density at radius 1 is 1.30 bits per heavy atom. The summed E-state index contributed by atoms with van der Waals surface area (Å²) < 4.78 is 6.55. The van der Waals surface area contributed by atoms with Gasteiger partial charge in [-0.2, -0.15) is 0 Å². The number of benzene rings is 1. The molecule has 0 radical (unpaired) electrons. The minimum absolute atomic E-state index is 0.0185. The summed E-state index contributed by atoms with van der Waals surface area (Å²) in [4.78, 5) is 27.4. The number of carbonyl (C=O) groups is 1. The average molecular weight is 311 g/mol. The van der Waals surface area contributed by atoms with E-state index in [0.29, 0.717) is 25.0 Å². The normalized spacial score (nSPS) is 10.8. The highest BCUT2D eigenvalue weighted by atomic mass is 16.4. The lowest BCUT2D eigenvalue weighted by Gasteiger charge is -2.05. The maximum Gasteiger partial charge on any atom is 0.419 e. The van der Waals surface area contributed by atoms with Gasteiger partial charge in [0, 0.05) is 32.4 Å². The van der Waals surface area contributed by atoms with E-state index >= 15 is 0 Å². The van der Waals surface area contributed by atoms with Crippen molar-refractivity contribution < 1.29 is 9.21 Å². The first kappa shape index (κ1) is 15.0. The molecule has 1 amide bonds. The van der Waals surface area contributed by atoms with E-state index in [-0.39, 0.29) is 11.7 Å². The fraction of sp³-hybridized carbons (Fsp3) is 0.235. The summed E-state index contributed by atoms with van der Waals surface area (Å²) in [5.74, 6) is -0.401. The molecule has 0 spiro atoms. The molecule has 0 unspecified atom stereocenters. The molecule has 6 nitrogen and oxygen atoms in total. The van der Waals surface area contributed by atoms with Crippen molar-refractivity contribution in [2.75, 3.05) is 0 Å². The predicted octanol–water partition coefficient (Wildman–Crippen LogP) is 1.78. The molecule has 3 rings (SSSR count). The molecular weight excluding hydrogens is 294 g/mol. The van der Waals surface area contributed by atoms with Crippen LogP contribution in [0.5, 0.6) is 0 Å². The van der Waals surface area contributed by atoms with Crippen LogP contribution in [0.25, 0.3) is 11.1 Å². The number of fused-ring (bicyclic) bond motifs is 1. The molecule has 0 aliphatic rings. The maximum absolute atomic E-state index is 11.9. The third-order valence-electron chi connectivity index (χ3n) is 3.71. The summed E-state index contributed by atoms with van der Waals surface area (Å²) in [5, 5.41) is 2.87. The Kier molecular flexibility index (Phi) is 4.23. The number of hydrogen-bond acceptors (Lipinski definition) is 4. The van der Waals surface area contributed by atoms with Crippen LogP contribution in [0.4, 0.5) is 0 Å². The second-order valence-corrected chi connectivity index (χ2v) is 5.37. The van der Waals surface area contributed by atoms with Crippen LogP contribution in [0.15, 0.2) is 51.9 Å². The number of nitrogens with one attached hydrogen (secondary N) is 1. The van der Waals surface area contributed by atoms with Crippen LogP contribution in [0.2, 0.25) is 0 Å². The molecule has 3 aromatic rings. The van der Waals surface area contributed by atoms with E-state index in [1.807, 2.05) is 24.3 Å². The number of hydrogen-bond donors (Lipinski definition) is 1. The van der Waals surface area contributed by atoms with Crippen molar-refractivity contribution in [2.24, 2.45) is 7.05 Å². The van der Waals surface area contributed by atoms with E-state index in [0.717, 1.165) is 16.6 Å². The Balaban J connectivity index is 1.58. The second-order valence-electron chi connectivity index (χ2n) is 5.37. The molecule has 2 aromatic heterocycles. The SMILES string of the molecule is Cn1c(=O)oc2ccc(CCC(=O)NCc3cccnc3)cc21. The topological polar surface area (TPSA) is 77.1 Å². The Labute approximate surface area is 132 Å². The zero-order valence-corrected chi connectivity index (χ0v) is 12.8. The van der Waals surface area contributed by atoms with Gasteiger partial charge in [-0.3, -0.25) is 14.3 Å². The lowest BCUT2D eigenvalue weighted by atomic mass is 10.1. The third kappa shape index (κ3) is 3.48. The van der Waals surface area contributed by atoms with Crippen molar-refractivity contribution >= 4 is 17.0 Å². The van der Waals surface area contributed by atoms with E-state index in [2.05, 4.69) is 10.3 Å². The highest BCUT2D eigenvalue weighted by molar-refractivity contribution is 5.77. The van der Waals surface area contributed by atoms with Crippen molar-refractivity contribution in [3.8, 4) is 0 Å². The fourth-order valence-electron chi connectivity index (χ4n) is 2.38. The van der Waals surface area contributed by atoms with Gasteiger partial charge in [0.25, 0.3) is 0 Å². The molecule has 0 saturated carbocycles. The molecule has 0 saturated heterocycles. The summed E-state index contributed by atoms with van der Waals surface area (Å²) in [6.07, 6.45) is 4.42. The van der Waals surface area contributed by atoms with Crippen molar-refractivity contribution in [3.05, 3.63) is 64.4 Å². The minimum Gasteiger partial charge on any atom is -0.408 e. The van der Waals surface area contributed by atoms with Crippen molar-refractivity contribution in [3.63, 3.8) is 0 Å². The van der Waals surface area contributed by atoms with Crippen LogP contribution < -0.4 is 11.1 Å². The zero-order valence-electron chi connectivity index (χ0n) is 12.8. The van der Waals surface area contributed by atoms with Crippen molar-refractivity contribution in [2.45, 2.75) is 19.4 Å². The van der Waals surface area contributed by atoms with Crippen LogP contribution in [-0.4, -0.2) is 15.5 Å². The standard InChI is InChI=1S/C17H17N3O3/c1-20-14-9-12(4-6-15(14)23-17(20)22)5-7-16(21)19-11-13-3-2-8-18-10-13/h2-4,6,8-10H,5,7,11H2,1H3,(H,19,21). The fourth-order valence-corrected chi connectivity index (χ4v) is 2.38. The van der Waals surface area contributed by atoms with Gasteiger partial charge in [0.05, 0.1) is 5.52 Å². The molecule has 118 valence electrons. The monoisotopic (exact) mass is 311 g/mol. The minimum atomic E-state index is -0.383. The van der Waals surface area contributed by atoms with E-state index in [9.17, 15) is 9.59 Å². The van der Waals surface area contributed by atoms with E-state index < -0.39 is 0 Å². The summed E-state index contributed by atoms with van der Waals surface area (Å²) in [6.45, 7) is 0.474.